The van der Waals surface area contributed by atoms with Gasteiger partial charge in [-0.1, -0.05) is 33.1 Å². The zero-order valence-electron chi connectivity index (χ0n) is 18.5. The second-order valence-corrected chi connectivity index (χ2v) is 8.79. The third-order valence-electron chi connectivity index (χ3n) is 6.00. The van der Waals surface area contributed by atoms with Gasteiger partial charge in [-0.15, -0.1) is 0 Å². The second kappa shape index (κ2) is 11.5. The van der Waals surface area contributed by atoms with Crippen LogP contribution in [0, 0.1) is 5.92 Å². The molecule has 166 valence electrons. The summed E-state index contributed by atoms with van der Waals surface area (Å²) in [6, 6.07) is 5.95. The average Bonchev–Trinajstić information content (AvgIpc) is 2.74. The number of amides is 2. The molecule has 0 aliphatic carbocycles. The first kappa shape index (κ1) is 22.8. The van der Waals surface area contributed by atoms with Gasteiger partial charge in [-0.05, 0) is 56.0 Å². The highest BCUT2D eigenvalue weighted by Gasteiger charge is 2.23. The Morgan fingerprint density at radius 1 is 1.10 bits per heavy atom. The van der Waals surface area contributed by atoms with E-state index in [1.165, 1.54) is 12.8 Å². The van der Waals surface area contributed by atoms with Gasteiger partial charge in [0.05, 0.1) is 0 Å². The van der Waals surface area contributed by atoms with Crippen molar-refractivity contribution < 1.29 is 14.3 Å². The van der Waals surface area contributed by atoms with Crippen molar-refractivity contribution in [2.24, 2.45) is 5.92 Å². The summed E-state index contributed by atoms with van der Waals surface area (Å²) in [5, 5.41) is 6.65. The number of hydrogen-bond donors (Lipinski definition) is 2. The van der Waals surface area contributed by atoms with Crippen LogP contribution in [-0.4, -0.2) is 44.2 Å². The molecule has 3 rings (SSSR count). The van der Waals surface area contributed by atoms with Gasteiger partial charge < -0.3 is 20.3 Å². The summed E-state index contributed by atoms with van der Waals surface area (Å²) in [5.74, 6) is 0.0421. The highest BCUT2D eigenvalue weighted by atomic mass is 16.5. The lowest BCUT2D eigenvalue weighted by Gasteiger charge is -2.28. The minimum atomic E-state index is -0.0600. The Hall–Kier alpha value is -1.92. The molecule has 2 amide bonds. The van der Waals surface area contributed by atoms with Crippen LogP contribution in [0.25, 0.3) is 0 Å². The van der Waals surface area contributed by atoms with Crippen LogP contribution in [0.4, 0.5) is 5.69 Å². The molecule has 0 bridgehead atoms. The van der Waals surface area contributed by atoms with Crippen LogP contribution in [-0.2, 0) is 16.1 Å². The van der Waals surface area contributed by atoms with Gasteiger partial charge in [0.2, 0.25) is 5.91 Å². The fourth-order valence-corrected chi connectivity index (χ4v) is 4.18. The molecule has 6 heteroatoms. The third kappa shape index (κ3) is 6.29. The fraction of sp³-hybridized carbons (Fsp3) is 0.667. The van der Waals surface area contributed by atoms with Gasteiger partial charge in [0.25, 0.3) is 5.91 Å². The Balaban J connectivity index is 1.84. The van der Waals surface area contributed by atoms with Gasteiger partial charge in [-0.25, -0.2) is 0 Å². The molecule has 2 aliphatic heterocycles. The largest absolute Gasteiger partial charge is 0.381 e. The molecule has 30 heavy (non-hydrogen) atoms. The lowest BCUT2D eigenvalue weighted by atomic mass is 10.0. The van der Waals surface area contributed by atoms with Crippen molar-refractivity contribution in [3.05, 3.63) is 29.3 Å². The van der Waals surface area contributed by atoms with Crippen LogP contribution < -0.4 is 15.5 Å². The summed E-state index contributed by atoms with van der Waals surface area (Å²) in [6.45, 7) is 7.65. The van der Waals surface area contributed by atoms with E-state index in [0.717, 1.165) is 56.4 Å². The molecule has 1 aromatic rings. The molecule has 0 spiro atoms. The maximum Gasteiger partial charge on any atom is 0.251 e. The van der Waals surface area contributed by atoms with E-state index in [4.69, 9.17) is 4.74 Å². The quantitative estimate of drug-likeness (QED) is 0.791. The number of carbonyl (C=O) groups is 2. The Morgan fingerprint density at radius 2 is 1.83 bits per heavy atom. The molecule has 6 nitrogen and oxygen atoms in total. The molecule has 2 aliphatic rings. The van der Waals surface area contributed by atoms with E-state index >= 15 is 0 Å². The van der Waals surface area contributed by atoms with Gasteiger partial charge in [0.15, 0.2) is 0 Å². The van der Waals surface area contributed by atoms with E-state index in [2.05, 4.69) is 10.6 Å². The number of benzene rings is 1. The molecule has 0 atom stereocenters. The van der Waals surface area contributed by atoms with E-state index in [1.54, 1.807) is 0 Å². The number of ether oxygens (including phenoxy) is 1. The topological polar surface area (TPSA) is 70.7 Å². The van der Waals surface area contributed by atoms with Crippen molar-refractivity contribution in [2.45, 2.75) is 71.4 Å². The van der Waals surface area contributed by atoms with Crippen LogP contribution in [0.2, 0.25) is 0 Å². The molecule has 2 N–H and O–H groups in total. The van der Waals surface area contributed by atoms with Crippen molar-refractivity contribution in [3.8, 4) is 0 Å². The van der Waals surface area contributed by atoms with Crippen molar-refractivity contribution in [1.82, 2.24) is 10.6 Å². The van der Waals surface area contributed by atoms with Gasteiger partial charge in [0.1, 0.15) is 0 Å². The molecule has 0 aromatic heterocycles. The molecule has 2 heterocycles. The number of rotatable bonds is 3. The smallest absolute Gasteiger partial charge is 0.251 e. The average molecular weight is 416 g/mol. The highest BCUT2D eigenvalue weighted by Crippen LogP contribution is 2.26. The lowest BCUT2D eigenvalue weighted by molar-refractivity contribution is -0.121. The summed E-state index contributed by atoms with van der Waals surface area (Å²) in [6.07, 6.45) is 7.45. The van der Waals surface area contributed by atoms with Gasteiger partial charge >= 0.3 is 0 Å². The number of carbonyl (C=O) groups excluding carboxylic acids is 2. The molecule has 0 radical (unpaired) electrons. The number of nitrogens with zero attached hydrogens (tertiary/aromatic N) is 1. The fourth-order valence-electron chi connectivity index (χ4n) is 4.18. The SMILES string of the molecule is CC(C)C(=O)N1CCCCCCCNCc2cc(C(=O)NC3CCOCC3)ccc21. The normalized spacial score (nSPS) is 19.5. The maximum atomic E-state index is 13.0. The van der Waals surface area contributed by atoms with Crippen LogP contribution in [0.15, 0.2) is 18.2 Å². The van der Waals surface area contributed by atoms with Crippen LogP contribution in [0.3, 0.4) is 0 Å². The summed E-state index contributed by atoms with van der Waals surface area (Å²) in [7, 11) is 0. The summed E-state index contributed by atoms with van der Waals surface area (Å²) >= 11 is 0. The standard InChI is InChI=1S/C24H37N3O3/c1-18(2)24(29)27-13-7-5-3-4-6-12-25-17-20-16-19(8-9-22(20)27)23(28)26-21-10-14-30-15-11-21/h8-9,16,18,21,25H,3-7,10-15,17H2,1-2H3,(H,26,28). The van der Waals surface area contributed by atoms with Gasteiger partial charge in [-0.3, -0.25) is 9.59 Å². The molecular weight excluding hydrogens is 378 g/mol. The Kier molecular flexibility index (Phi) is 8.70. The predicted octanol–water partition coefficient (Wildman–Crippen LogP) is 3.64. The molecule has 1 fully saturated rings. The summed E-state index contributed by atoms with van der Waals surface area (Å²) in [4.78, 5) is 27.8. The third-order valence-corrected chi connectivity index (χ3v) is 6.00. The number of anilines is 1. The van der Waals surface area contributed by atoms with Crippen molar-refractivity contribution in [3.63, 3.8) is 0 Å². The van der Waals surface area contributed by atoms with Gasteiger partial charge in [-0.2, -0.15) is 0 Å². The zero-order chi connectivity index (χ0) is 21.3. The first-order valence-electron chi connectivity index (χ1n) is 11.6. The Morgan fingerprint density at radius 3 is 2.60 bits per heavy atom. The summed E-state index contributed by atoms with van der Waals surface area (Å²) < 4.78 is 5.38. The van der Waals surface area contributed by atoms with Crippen molar-refractivity contribution in [1.29, 1.82) is 0 Å². The maximum absolute atomic E-state index is 13.0. The van der Waals surface area contributed by atoms with Crippen LogP contribution in [0.5, 0.6) is 0 Å². The van der Waals surface area contributed by atoms with E-state index in [9.17, 15) is 9.59 Å². The minimum Gasteiger partial charge on any atom is -0.381 e. The lowest BCUT2D eigenvalue weighted by Crippen LogP contribution is -2.39. The Labute approximate surface area is 180 Å². The van der Waals surface area contributed by atoms with E-state index in [1.807, 2.05) is 36.9 Å². The highest BCUT2D eigenvalue weighted by molar-refractivity contribution is 5.98. The zero-order valence-corrected chi connectivity index (χ0v) is 18.5. The van der Waals surface area contributed by atoms with Crippen LogP contribution >= 0.6 is 0 Å². The molecule has 0 unspecified atom stereocenters. The predicted molar refractivity (Wildman–Crippen MR) is 120 cm³/mol. The minimum absolute atomic E-state index is 0.0439. The first-order chi connectivity index (χ1) is 14.6. The number of hydrogen-bond acceptors (Lipinski definition) is 4. The monoisotopic (exact) mass is 415 g/mol. The van der Waals surface area contributed by atoms with Crippen molar-refractivity contribution in [2.75, 3.05) is 31.2 Å². The van der Waals surface area contributed by atoms with E-state index < -0.39 is 0 Å². The van der Waals surface area contributed by atoms with Crippen molar-refractivity contribution >= 4 is 17.5 Å². The molecule has 1 saturated heterocycles. The molecular formula is C24H37N3O3. The Bertz CT molecular complexity index is 714. The first-order valence-corrected chi connectivity index (χ1v) is 11.6. The number of fused-ring (bicyclic) bond motifs is 1. The molecule has 1 aromatic carbocycles. The second-order valence-electron chi connectivity index (χ2n) is 8.79. The van der Waals surface area contributed by atoms with Crippen LogP contribution in [0.1, 0.15) is 74.7 Å². The molecule has 0 saturated carbocycles. The summed E-state index contributed by atoms with van der Waals surface area (Å²) in [5.41, 5.74) is 2.61. The van der Waals surface area contributed by atoms with E-state index in [-0.39, 0.29) is 23.8 Å². The van der Waals surface area contributed by atoms with E-state index in [0.29, 0.717) is 25.3 Å². The van der Waals surface area contributed by atoms with Gasteiger partial charge in [0, 0.05) is 49.5 Å². The number of nitrogens with one attached hydrogen (secondary N) is 2.